The van der Waals surface area contributed by atoms with Gasteiger partial charge in [-0.2, -0.15) is 0 Å². The summed E-state index contributed by atoms with van der Waals surface area (Å²) >= 11 is 5.28. The summed E-state index contributed by atoms with van der Waals surface area (Å²) in [5.74, 6) is 0. The molecule has 0 saturated carbocycles. The molecule has 14 heavy (non-hydrogen) atoms. The molecule has 1 aromatic heterocycles. The molecule has 0 aliphatic heterocycles. The lowest BCUT2D eigenvalue weighted by Gasteiger charge is -2.04. The third-order valence-corrected chi connectivity index (χ3v) is 4.41. The molecule has 1 unspecified atom stereocenters. The number of hydrogen-bond acceptors (Lipinski definition) is 2. The second-order valence-corrected chi connectivity index (χ2v) is 5.37. The first kappa shape index (κ1) is 10.4. The minimum absolute atomic E-state index is 0.249. The quantitative estimate of drug-likeness (QED) is 0.824. The van der Waals surface area contributed by atoms with Crippen LogP contribution in [-0.2, 0) is 0 Å². The van der Waals surface area contributed by atoms with Crippen molar-refractivity contribution in [3.63, 3.8) is 0 Å². The van der Waals surface area contributed by atoms with Crippen LogP contribution in [0.2, 0.25) is 0 Å². The van der Waals surface area contributed by atoms with Crippen molar-refractivity contribution in [2.75, 3.05) is 0 Å². The standard InChI is InChI=1S/C11H13BrOS/c12-10-5-6-14-11(10)8-3-1-2-4-9(13)7-8/h5-7,9,13H,1-4H2. The molecule has 1 atom stereocenters. The number of halogens is 1. The molecule has 0 radical (unpaired) electrons. The largest absolute Gasteiger partial charge is 0.389 e. The molecule has 1 N–H and O–H groups in total. The molecule has 0 bridgehead atoms. The Bertz CT molecular complexity index is 343. The van der Waals surface area contributed by atoms with Crippen LogP contribution in [0.25, 0.3) is 5.57 Å². The highest BCUT2D eigenvalue weighted by atomic mass is 79.9. The average Bonchev–Trinajstić information content (AvgIpc) is 2.45. The van der Waals surface area contributed by atoms with Gasteiger partial charge in [0.25, 0.3) is 0 Å². The number of aliphatic hydroxyl groups is 1. The zero-order valence-corrected chi connectivity index (χ0v) is 10.3. The van der Waals surface area contributed by atoms with Crippen LogP contribution in [0.1, 0.15) is 30.6 Å². The fourth-order valence-corrected chi connectivity index (χ4v) is 3.46. The van der Waals surface area contributed by atoms with Crippen molar-refractivity contribution in [2.24, 2.45) is 0 Å². The van der Waals surface area contributed by atoms with Crippen molar-refractivity contribution in [2.45, 2.75) is 31.8 Å². The number of allylic oxidation sites excluding steroid dienone is 1. The first-order valence-corrected chi connectivity index (χ1v) is 6.57. The van der Waals surface area contributed by atoms with Crippen LogP contribution in [0.5, 0.6) is 0 Å². The topological polar surface area (TPSA) is 20.2 Å². The van der Waals surface area contributed by atoms with Gasteiger partial charge in [-0.3, -0.25) is 0 Å². The Morgan fingerprint density at radius 3 is 3.00 bits per heavy atom. The Hall–Kier alpha value is -0.120. The molecule has 1 nitrogen and oxygen atoms in total. The maximum Gasteiger partial charge on any atom is 0.0727 e. The number of hydrogen-bond donors (Lipinski definition) is 1. The van der Waals surface area contributed by atoms with E-state index >= 15 is 0 Å². The second kappa shape index (κ2) is 4.60. The van der Waals surface area contributed by atoms with Crippen LogP contribution in [0.15, 0.2) is 22.0 Å². The summed E-state index contributed by atoms with van der Waals surface area (Å²) in [6.45, 7) is 0. The second-order valence-electron chi connectivity index (χ2n) is 3.60. The third-order valence-electron chi connectivity index (χ3n) is 2.50. The lowest BCUT2D eigenvalue weighted by Crippen LogP contribution is -1.99. The fourth-order valence-electron chi connectivity index (χ4n) is 1.78. The van der Waals surface area contributed by atoms with E-state index in [0.717, 1.165) is 23.7 Å². The Balaban J connectivity index is 2.28. The predicted octanol–water partition coefficient (Wildman–Crippen LogP) is 3.83. The molecule has 76 valence electrons. The lowest BCUT2D eigenvalue weighted by molar-refractivity contribution is 0.211. The van der Waals surface area contributed by atoms with Gasteiger partial charge in [0.1, 0.15) is 0 Å². The molecule has 2 rings (SSSR count). The van der Waals surface area contributed by atoms with Gasteiger partial charge in [0.2, 0.25) is 0 Å². The van der Waals surface area contributed by atoms with E-state index in [1.165, 1.54) is 16.9 Å². The van der Waals surface area contributed by atoms with Crippen LogP contribution in [0, 0.1) is 0 Å². The molecular weight excluding hydrogens is 260 g/mol. The first-order chi connectivity index (χ1) is 6.77. The van der Waals surface area contributed by atoms with Crippen molar-refractivity contribution < 1.29 is 5.11 Å². The molecular formula is C11H13BrOS. The van der Waals surface area contributed by atoms with Gasteiger partial charge in [-0.15, -0.1) is 11.3 Å². The van der Waals surface area contributed by atoms with E-state index in [1.807, 2.05) is 6.08 Å². The van der Waals surface area contributed by atoms with Crippen molar-refractivity contribution in [3.8, 4) is 0 Å². The average molecular weight is 273 g/mol. The summed E-state index contributed by atoms with van der Waals surface area (Å²) in [5.41, 5.74) is 1.30. The van der Waals surface area contributed by atoms with E-state index in [9.17, 15) is 5.11 Å². The molecule has 1 aliphatic carbocycles. The molecule has 1 heterocycles. The van der Waals surface area contributed by atoms with E-state index in [2.05, 4.69) is 27.4 Å². The molecule has 0 amide bonds. The van der Waals surface area contributed by atoms with Gasteiger partial charge in [0, 0.05) is 9.35 Å². The first-order valence-electron chi connectivity index (χ1n) is 4.89. The minimum Gasteiger partial charge on any atom is -0.389 e. The summed E-state index contributed by atoms with van der Waals surface area (Å²) in [6.07, 6.45) is 6.09. The SMILES string of the molecule is OC1C=C(c2sccc2Br)CCCC1. The van der Waals surface area contributed by atoms with Gasteiger partial charge in [-0.05, 0) is 52.2 Å². The van der Waals surface area contributed by atoms with E-state index in [4.69, 9.17) is 0 Å². The van der Waals surface area contributed by atoms with Crippen LogP contribution >= 0.6 is 27.3 Å². The predicted molar refractivity (Wildman–Crippen MR) is 64.5 cm³/mol. The van der Waals surface area contributed by atoms with E-state index < -0.39 is 0 Å². The summed E-state index contributed by atoms with van der Waals surface area (Å²) < 4.78 is 1.16. The monoisotopic (exact) mass is 272 g/mol. The fraction of sp³-hybridized carbons (Fsp3) is 0.455. The molecule has 0 spiro atoms. The molecule has 1 aliphatic rings. The Kier molecular flexibility index (Phi) is 3.42. The van der Waals surface area contributed by atoms with Gasteiger partial charge in [-0.25, -0.2) is 0 Å². The van der Waals surface area contributed by atoms with Crippen molar-refractivity contribution in [1.29, 1.82) is 0 Å². The smallest absolute Gasteiger partial charge is 0.0727 e. The Morgan fingerprint density at radius 2 is 2.29 bits per heavy atom. The van der Waals surface area contributed by atoms with E-state index in [-0.39, 0.29) is 6.10 Å². The third kappa shape index (κ3) is 2.27. The lowest BCUT2D eigenvalue weighted by atomic mass is 10.1. The van der Waals surface area contributed by atoms with Crippen LogP contribution < -0.4 is 0 Å². The van der Waals surface area contributed by atoms with Crippen LogP contribution in [0.3, 0.4) is 0 Å². The molecule has 3 heteroatoms. The van der Waals surface area contributed by atoms with E-state index in [1.54, 1.807) is 11.3 Å². The van der Waals surface area contributed by atoms with Gasteiger partial charge in [0.05, 0.1) is 6.10 Å². The Labute approximate surface area is 96.6 Å². The zero-order valence-electron chi connectivity index (χ0n) is 7.87. The van der Waals surface area contributed by atoms with Gasteiger partial charge >= 0.3 is 0 Å². The molecule has 1 aromatic rings. The normalized spacial score (nSPS) is 23.0. The summed E-state index contributed by atoms with van der Waals surface area (Å²) in [4.78, 5) is 1.28. The molecule has 0 aromatic carbocycles. The summed E-state index contributed by atoms with van der Waals surface area (Å²) in [5, 5.41) is 11.7. The van der Waals surface area contributed by atoms with Crippen molar-refractivity contribution in [3.05, 3.63) is 26.9 Å². The number of rotatable bonds is 1. The highest BCUT2D eigenvalue weighted by molar-refractivity contribution is 9.10. The summed E-state index contributed by atoms with van der Waals surface area (Å²) in [7, 11) is 0. The maximum atomic E-state index is 9.66. The Morgan fingerprint density at radius 1 is 1.43 bits per heavy atom. The molecule has 0 saturated heterocycles. The van der Waals surface area contributed by atoms with Crippen molar-refractivity contribution in [1.82, 2.24) is 0 Å². The van der Waals surface area contributed by atoms with Gasteiger partial charge < -0.3 is 5.11 Å². The highest BCUT2D eigenvalue weighted by Gasteiger charge is 2.13. The zero-order chi connectivity index (χ0) is 9.97. The highest BCUT2D eigenvalue weighted by Crippen LogP contribution is 2.34. The molecule has 0 fully saturated rings. The summed E-state index contributed by atoms with van der Waals surface area (Å²) in [6, 6.07) is 2.07. The minimum atomic E-state index is -0.249. The number of aliphatic hydroxyl groups excluding tert-OH is 1. The van der Waals surface area contributed by atoms with Gasteiger partial charge in [0.15, 0.2) is 0 Å². The van der Waals surface area contributed by atoms with Crippen molar-refractivity contribution >= 4 is 32.8 Å². The van der Waals surface area contributed by atoms with Crippen LogP contribution in [0.4, 0.5) is 0 Å². The van der Waals surface area contributed by atoms with Gasteiger partial charge in [-0.1, -0.05) is 12.5 Å². The maximum absolute atomic E-state index is 9.66. The van der Waals surface area contributed by atoms with E-state index in [0.29, 0.717) is 0 Å². The van der Waals surface area contributed by atoms with Crippen LogP contribution in [-0.4, -0.2) is 11.2 Å². The number of thiophene rings is 1.